The molecule has 0 aromatic rings. The Kier molecular flexibility index (Phi) is 19.7. The predicted octanol–water partition coefficient (Wildman–Crippen LogP) is 1.09. The molecular formula is C18H39N3O6. The van der Waals surface area contributed by atoms with E-state index in [0.717, 1.165) is 6.42 Å². The fourth-order valence-corrected chi connectivity index (χ4v) is 1.82. The number of aliphatic carboxylic acids is 3. The van der Waals surface area contributed by atoms with E-state index in [0.29, 0.717) is 12.3 Å². The zero-order valence-electron chi connectivity index (χ0n) is 17.9. The molecule has 0 spiro atoms. The van der Waals surface area contributed by atoms with Gasteiger partial charge >= 0.3 is 17.9 Å². The molecule has 0 fully saturated rings. The smallest absolute Gasteiger partial charge is 0.320 e. The number of hydrogen-bond donors (Lipinski definition) is 6. The molecule has 0 bridgehead atoms. The molecule has 6 N–H and O–H groups in total. The summed E-state index contributed by atoms with van der Waals surface area (Å²) in [5, 5.41) is 33.3. The summed E-state index contributed by atoms with van der Waals surface area (Å²) in [4.78, 5) is 30.7. The molecule has 0 saturated carbocycles. The van der Waals surface area contributed by atoms with Gasteiger partial charge in [0.05, 0.1) is 0 Å². The van der Waals surface area contributed by atoms with Crippen LogP contribution in [0.2, 0.25) is 0 Å². The second kappa shape index (κ2) is 17.7. The maximum atomic E-state index is 10.5. The number of likely N-dealkylation sites (N-methyl/N-ethyl adjacent to an activating group) is 3. The van der Waals surface area contributed by atoms with Crippen LogP contribution in [-0.2, 0) is 14.4 Å². The Morgan fingerprint density at radius 3 is 1.33 bits per heavy atom. The fraction of sp³-hybridized carbons (Fsp3) is 0.833. The molecule has 9 heteroatoms. The molecule has 0 heterocycles. The Morgan fingerprint density at radius 1 is 0.778 bits per heavy atom. The average molecular weight is 394 g/mol. The fourth-order valence-electron chi connectivity index (χ4n) is 1.82. The minimum Gasteiger partial charge on any atom is -0.480 e. The molecule has 4 atom stereocenters. The highest BCUT2D eigenvalue weighted by molar-refractivity contribution is 5.74. The third-order valence-electron chi connectivity index (χ3n) is 3.95. The van der Waals surface area contributed by atoms with Crippen molar-refractivity contribution in [2.24, 2.45) is 11.8 Å². The molecule has 0 unspecified atom stereocenters. The summed E-state index contributed by atoms with van der Waals surface area (Å²) < 4.78 is 0. The van der Waals surface area contributed by atoms with Gasteiger partial charge in [0.25, 0.3) is 0 Å². The molecule has 0 radical (unpaired) electrons. The number of carboxylic acids is 3. The van der Waals surface area contributed by atoms with Crippen molar-refractivity contribution < 1.29 is 29.7 Å². The SMILES string of the molecule is CC[C@H](C)[C@H](NC)C(=O)O.CN[C@@H](C)C(=O)O.CN[C@@H](CC(C)C)C(=O)O. The van der Waals surface area contributed by atoms with E-state index in [4.69, 9.17) is 15.3 Å². The van der Waals surface area contributed by atoms with Crippen LogP contribution in [0.15, 0.2) is 0 Å². The van der Waals surface area contributed by atoms with Gasteiger partial charge in [-0.15, -0.1) is 0 Å². The average Bonchev–Trinajstić information content (AvgIpc) is 2.59. The molecule has 0 saturated heterocycles. The van der Waals surface area contributed by atoms with Gasteiger partial charge in [0.15, 0.2) is 0 Å². The standard InChI is InChI=1S/2C7H15NO2.C4H9NO2/c1-5(2)4-6(8-3)7(9)10;1-4-5(2)6(8-3)7(9)10;1-3(5-2)4(6)7/h2*5-6,8H,4H2,1-3H3,(H,9,10);3,5H,1-2H3,(H,6,7)/t6-;5-,6-;3-/m000/s1. The first-order chi connectivity index (χ1) is 12.4. The summed E-state index contributed by atoms with van der Waals surface area (Å²) in [6, 6.07) is -1.22. The highest BCUT2D eigenvalue weighted by Gasteiger charge is 2.20. The molecule has 162 valence electrons. The highest BCUT2D eigenvalue weighted by Crippen LogP contribution is 2.06. The van der Waals surface area contributed by atoms with Crippen molar-refractivity contribution in [3.8, 4) is 0 Å². The largest absolute Gasteiger partial charge is 0.480 e. The zero-order chi connectivity index (χ0) is 22.2. The molecule has 27 heavy (non-hydrogen) atoms. The molecule has 0 aliphatic rings. The van der Waals surface area contributed by atoms with Crippen molar-refractivity contribution in [3.63, 3.8) is 0 Å². The Hall–Kier alpha value is -1.71. The Balaban J connectivity index is -0.000000326. The van der Waals surface area contributed by atoms with Crippen molar-refractivity contribution in [2.45, 2.75) is 65.6 Å². The highest BCUT2D eigenvalue weighted by atomic mass is 16.4. The quantitative estimate of drug-likeness (QED) is 0.321. The maximum Gasteiger partial charge on any atom is 0.320 e. The normalized spacial score (nSPS) is 14.6. The van der Waals surface area contributed by atoms with Crippen molar-refractivity contribution in [1.82, 2.24) is 16.0 Å². The molecule has 0 rings (SSSR count). The number of carboxylic acid groups (broad SMARTS) is 3. The summed E-state index contributed by atoms with van der Waals surface area (Å²) in [6.07, 6.45) is 1.57. The monoisotopic (exact) mass is 393 g/mol. The number of hydrogen-bond acceptors (Lipinski definition) is 6. The van der Waals surface area contributed by atoms with Gasteiger partial charge in [0, 0.05) is 0 Å². The molecule has 0 aliphatic heterocycles. The van der Waals surface area contributed by atoms with Crippen LogP contribution in [0.4, 0.5) is 0 Å². The summed E-state index contributed by atoms with van der Waals surface area (Å²) in [6.45, 7) is 9.51. The maximum absolute atomic E-state index is 10.5. The third kappa shape index (κ3) is 17.5. The lowest BCUT2D eigenvalue weighted by molar-refractivity contribution is -0.141. The zero-order valence-corrected chi connectivity index (χ0v) is 17.9. The number of carbonyl (C=O) groups is 3. The van der Waals surface area contributed by atoms with E-state index in [1.165, 1.54) is 0 Å². The summed E-state index contributed by atoms with van der Waals surface area (Å²) in [7, 11) is 4.95. The van der Waals surface area contributed by atoms with Crippen LogP contribution < -0.4 is 16.0 Å². The topological polar surface area (TPSA) is 148 Å². The molecule has 0 aromatic heterocycles. The van der Waals surface area contributed by atoms with E-state index in [2.05, 4.69) is 16.0 Å². The molecule has 0 amide bonds. The summed E-state index contributed by atoms with van der Waals surface area (Å²) in [5.74, 6) is -1.73. The molecular weight excluding hydrogens is 354 g/mol. The van der Waals surface area contributed by atoms with Gasteiger partial charge in [0.2, 0.25) is 0 Å². The van der Waals surface area contributed by atoms with Crippen LogP contribution in [-0.4, -0.2) is 72.5 Å². The minimum atomic E-state index is -0.817. The van der Waals surface area contributed by atoms with E-state index >= 15 is 0 Å². The van der Waals surface area contributed by atoms with Crippen molar-refractivity contribution in [1.29, 1.82) is 0 Å². The molecule has 0 aromatic carbocycles. The van der Waals surface area contributed by atoms with Crippen molar-refractivity contribution >= 4 is 17.9 Å². The first-order valence-corrected chi connectivity index (χ1v) is 9.09. The number of nitrogens with one attached hydrogen (secondary N) is 3. The second-order valence-corrected chi connectivity index (χ2v) is 6.65. The molecule has 0 aliphatic carbocycles. The first kappa shape index (κ1) is 30.0. The Bertz CT molecular complexity index is 418. The van der Waals surface area contributed by atoms with E-state index in [1.54, 1.807) is 28.1 Å². The van der Waals surface area contributed by atoms with Crippen LogP contribution in [0.1, 0.15) is 47.5 Å². The van der Waals surface area contributed by atoms with E-state index in [-0.39, 0.29) is 12.0 Å². The van der Waals surface area contributed by atoms with E-state index in [9.17, 15) is 14.4 Å². The lowest BCUT2D eigenvalue weighted by Gasteiger charge is -2.16. The van der Waals surface area contributed by atoms with E-state index in [1.807, 2.05) is 27.7 Å². The van der Waals surface area contributed by atoms with Crippen molar-refractivity contribution in [3.05, 3.63) is 0 Å². The van der Waals surface area contributed by atoms with Crippen LogP contribution >= 0.6 is 0 Å². The lowest BCUT2D eigenvalue weighted by atomic mass is 10.00. The van der Waals surface area contributed by atoms with Crippen LogP contribution in [0, 0.1) is 11.8 Å². The summed E-state index contributed by atoms with van der Waals surface area (Å²) in [5.41, 5.74) is 0. The molecule has 9 nitrogen and oxygen atoms in total. The van der Waals surface area contributed by atoms with Gasteiger partial charge in [-0.05, 0) is 46.3 Å². The minimum absolute atomic E-state index is 0.197. The number of rotatable bonds is 10. The van der Waals surface area contributed by atoms with E-state index < -0.39 is 30.0 Å². The van der Waals surface area contributed by atoms with Gasteiger partial charge in [-0.2, -0.15) is 0 Å². The Morgan fingerprint density at radius 2 is 1.26 bits per heavy atom. The van der Waals surface area contributed by atoms with Gasteiger partial charge in [-0.1, -0.05) is 34.1 Å². The van der Waals surface area contributed by atoms with Crippen LogP contribution in [0.5, 0.6) is 0 Å². The van der Waals surface area contributed by atoms with Gasteiger partial charge < -0.3 is 31.3 Å². The predicted molar refractivity (Wildman–Crippen MR) is 106 cm³/mol. The summed E-state index contributed by atoms with van der Waals surface area (Å²) >= 11 is 0. The van der Waals surface area contributed by atoms with Gasteiger partial charge in [-0.3, -0.25) is 14.4 Å². The first-order valence-electron chi connectivity index (χ1n) is 9.09. The van der Waals surface area contributed by atoms with Crippen LogP contribution in [0.25, 0.3) is 0 Å². The van der Waals surface area contributed by atoms with Crippen molar-refractivity contribution in [2.75, 3.05) is 21.1 Å². The van der Waals surface area contributed by atoms with Gasteiger partial charge in [0.1, 0.15) is 18.1 Å². The van der Waals surface area contributed by atoms with Crippen LogP contribution in [0.3, 0.4) is 0 Å². The lowest BCUT2D eigenvalue weighted by Crippen LogP contribution is -2.39. The second-order valence-electron chi connectivity index (χ2n) is 6.65. The van der Waals surface area contributed by atoms with Gasteiger partial charge in [-0.25, -0.2) is 0 Å². The Labute approximate surface area is 162 Å². The third-order valence-corrected chi connectivity index (χ3v) is 3.95.